The summed E-state index contributed by atoms with van der Waals surface area (Å²) >= 11 is 0. The summed E-state index contributed by atoms with van der Waals surface area (Å²) in [6.45, 7) is 3.25. The smallest absolute Gasteiger partial charge is 0.194 e. The molecule has 0 aliphatic heterocycles. The van der Waals surface area contributed by atoms with Crippen LogP contribution in [0.2, 0.25) is 0 Å². The van der Waals surface area contributed by atoms with Gasteiger partial charge in [-0.1, -0.05) is 44.4 Å². The topological polar surface area (TPSA) is 9.23 Å². The van der Waals surface area contributed by atoms with E-state index in [4.69, 9.17) is 4.74 Å². The Morgan fingerprint density at radius 1 is 0.806 bits per heavy atom. The third-order valence-electron chi connectivity index (χ3n) is 7.15. The summed E-state index contributed by atoms with van der Waals surface area (Å²) in [5.41, 5.74) is -0.568. The van der Waals surface area contributed by atoms with Crippen LogP contribution in [0.15, 0.2) is 36.4 Å². The quantitative estimate of drug-likeness (QED) is 0.176. The molecule has 0 spiro atoms. The second-order valence-corrected chi connectivity index (χ2v) is 9.52. The van der Waals surface area contributed by atoms with Crippen molar-refractivity contribution in [2.24, 2.45) is 5.92 Å². The fourth-order valence-corrected chi connectivity index (χ4v) is 5.08. The van der Waals surface area contributed by atoms with Gasteiger partial charge in [-0.05, 0) is 68.2 Å². The highest BCUT2D eigenvalue weighted by Gasteiger charge is 2.32. The Bertz CT molecular complexity index is 1220. The van der Waals surface area contributed by atoms with Crippen molar-refractivity contribution in [3.63, 3.8) is 0 Å². The Labute approximate surface area is 207 Å². The van der Waals surface area contributed by atoms with E-state index < -0.39 is 52.1 Å². The molecule has 0 bridgehead atoms. The first-order valence-electron chi connectivity index (χ1n) is 12.3. The maximum Gasteiger partial charge on any atom is 0.194 e. The number of hydrogen-bond donors (Lipinski definition) is 0. The number of halogens is 6. The van der Waals surface area contributed by atoms with Gasteiger partial charge in [0, 0.05) is 16.7 Å². The van der Waals surface area contributed by atoms with Gasteiger partial charge in [0.1, 0.15) is 5.75 Å². The first-order valence-corrected chi connectivity index (χ1v) is 12.3. The molecule has 3 aromatic carbocycles. The van der Waals surface area contributed by atoms with Crippen molar-refractivity contribution in [3.8, 4) is 22.6 Å². The largest absolute Gasteiger partial charge is 0.453 e. The normalized spacial score (nSPS) is 17.9. The molecule has 1 nitrogen and oxygen atoms in total. The molecule has 0 N–H and O–H groups in total. The average molecular weight is 507 g/mol. The molecule has 7 heteroatoms. The fourth-order valence-electron chi connectivity index (χ4n) is 5.08. The van der Waals surface area contributed by atoms with E-state index in [0.29, 0.717) is 18.8 Å². The highest BCUT2D eigenvalue weighted by Crippen LogP contribution is 2.46. The van der Waals surface area contributed by atoms with Gasteiger partial charge >= 0.3 is 0 Å². The van der Waals surface area contributed by atoms with Gasteiger partial charge in [-0.2, -0.15) is 0 Å². The van der Waals surface area contributed by atoms with Crippen LogP contribution in [-0.2, 0) is 0 Å². The lowest BCUT2D eigenvalue weighted by molar-refractivity contribution is 0.292. The van der Waals surface area contributed by atoms with Crippen molar-refractivity contribution in [3.05, 3.63) is 82.4 Å². The highest BCUT2D eigenvalue weighted by molar-refractivity contribution is 5.71. The molecular formula is C29H28F6O. The first-order chi connectivity index (χ1) is 17.2. The lowest BCUT2D eigenvalue weighted by atomic mass is 9.76. The molecule has 0 aromatic heterocycles. The van der Waals surface area contributed by atoms with Gasteiger partial charge in [-0.15, -0.1) is 0 Å². The number of para-hydroxylation sites is 1. The van der Waals surface area contributed by atoms with Gasteiger partial charge in [0.25, 0.3) is 0 Å². The molecule has 0 heterocycles. The van der Waals surface area contributed by atoms with Crippen LogP contribution in [0.3, 0.4) is 0 Å². The van der Waals surface area contributed by atoms with Crippen LogP contribution in [0.1, 0.15) is 68.9 Å². The minimum Gasteiger partial charge on any atom is -0.453 e. The van der Waals surface area contributed by atoms with Crippen LogP contribution < -0.4 is 4.74 Å². The molecule has 192 valence electrons. The average Bonchev–Trinajstić information content (AvgIpc) is 2.88. The predicted octanol–water partition coefficient (Wildman–Crippen LogP) is 9.75. The second kappa shape index (κ2) is 11.0. The molecule has 0 radical (unpaired) electrons. The van der Waals surface area contributed by atoms with Crippen molar-refractivity contribution < 1.29 is 31.1 Å². The van der Waals surface area contributed by atoms with E-state index in [1.165, 1.54) is 12.1 Å². The van der Waals surface area contributed by atoms with Crippen LogP contribution in [0, 0.1) is 47.7 Å². The maximum absolute atomic E-state index is 15.4. The molecule has 0 unspecified atom stereocenters. The molecule has 1 aliphatic carbocycles. The molecule has 3 aromatic rings. The van der Waals surface area contributed by atoms with Crippen molar-refractivity contribution in [2.75, 3.05) is 0 Å². The monoisotopic (exact) mass is 506 g/mol. The summed E-state index contributed by atoms with van der Waals surface area (Å²) in [5.74, 6) is -8.21. The Kier molecular flexibility index (Phi) is 7.96. The molecule has 1 fully saturated rings. The molecule has 0 atom stereocenters. The van der Waals surface area contributed by atoms with Gasteiger partial charge < -0.3 is 4.74 Å². The van der Waals surface area contributed by atoms with Crippen molar-refractivity contribution in [2.45, 2.75) is 64.7 Å². The second-order valence-electron chi connectivity index (χ2n) is 9.52. The lowest BCUT2D eigenvalue weighted by Crippen LogP contribution is -2.17. The highest BCUT2D eigenvalue weighted by atomic mass is 19.2. The fraction of sp³-hybridized carbons (Fsp3) is 0.379. The number of hydrogen-bond acceptors (Lipinski definition) is 1. The number of benzene rings is 3. The van der Waals surface area contributed by atoms with Crippen LogP contribution in [0.5, 0.6) is 11.5 Å². The number of ether oxygens (including phenoxy) is 1. The Hall–Kier alpha value is -2.96. The van der Waals surface area contributed by atoms with Gasteiger partial charge in [0.2, 0.25) is 0 Å². The maximum atomic E-state index is 15.4. The zero-order valence-electron chi connectivity index (χ0n) is 20.2. The van der Waals surface area contributed by atoms with Gasteiger partial charge in [-0.25, -0.2) is 26.3 Å². The summed E-state index contributed by atoms with van der Waals surface area (Å²) in [4.78, 5) is 0. The molecule has 0 saturated heterocycles. The standard InChI is InChI=1S/C29H28F6O/c1-3-4-7-17-10-12-18(13-11-17)24-28(35)25(32)16(2)26(33)29(24)36-23-9-6-5-8-20(23)19-14-21(30)27(34)22(31)15-19/h5-6,8-9,14-15,17-18H,3-4,7,10-13H2,1-2H3/t17-,18-. The van der Waals surface area contributed by atoms with E-state index in [1.54, 1.807) is 12.1 Å². The van der Waals surface area contributed by atoms with E-state index in [2.05, 4.69) is 6.92 Å². The van der Waals surface area contributed by atoms with Gasteiger partial charge in [-0.3, -0.25) is 0 Å². The van der Waals surface area contributed by atoms with E-state index >= 15 is 8.78 Å². The molecule has 4 rings (SSSR count). The van der Waals surface area contributed by atoms with Crippen molar-refractivity contribution in [1.29, 1.82) is 0 Å². The van der Waals surface area contributed by atoms with Gasteiger partial charge in [0.15, 0.2) is 40.7 Å². The summed E-state index contributed by atoms with van der Waals surface area (Å²) in [5, 5.41) is 0. The summed E-state index contributed by atoms with van der Waals surface area (Å²) in [7, 11) is 0. The Morgan fingerprint density at radius 3 is 2.08 bits per heavy atom. The lowest BCUT2D eigenvalue weighted by Gasteiger charge is -2.30. The summed E-state index contributed by atoms with van der Waals surface area (Å²) < 4.78 is 92.5. The van der Waals surface area contributed by atoms with Crippen LogP contribution >= 0.6 is 0 Å². The van der Waals surface area contributed by atoms with Crippen LogP contribution in [0.4, 0.5) is 26.3 Å². The summed E-state index contributed by atoms with van der Waals surface area (Å²) in [6, 6.07) is 7.60. The van der Waals surface area contributed by atoms with Crippen LogP contribution in [-0.4, -0.2) is 0 Å². The predicted molar refractivity (Wildman–Crippen MR) is 127 cm³/mol. The third kappa shape index (κ3) is 5.11. The van der Waals surface area contributed by atoms with E-state index in [1.807, 2.05) is 0 Å². The molecule has 1 aliphatic rings. The van der Waals surface area contributed by atoms with E-state index in [-0.39, 0.29) is 22.4 Å². The van der Waals surface area contributed by atoms with Gasteiger partial charge in [0.05, 0.1) is 0 Å². The minimum absolute atomic E-state index is 0.0231. The summed E-state index contributed by atoms with van der Waals surface area (Å²) in [6.07, 6.45) is 6.05. The third-order valence-corrected chi connectivity index (χ3v) is 7.15. The number of rotatable bonds is 7. The van der Waals surface area contributed by atoms with E-state index in [9.17, 15) is 17.6 Å². The zero-order chi connectivity index (χ0) is 26.0. The Morgan fingerprint density at radius 2 is 1.44 bits per heavy atom. The molecule has 0 amide bonds. The Balaban J connectivity index is 1.75. The molecule has 36 heavy (non-hydrogen) atoms. The SMILES string of the molecule is CCCC[C@H]1CC[C@H](c2c(F)c(F)c(C)c(F)c2Oc2ccccc2-c2cc(F)c(F)c(F)c2)CC1. The zero-order valence-corrected chi connectivity index (χ0v) is 20.2. The molecular weight excluding hydrogens is 478 g/mol. The van der Waals surface area contributed by atoms with Crippen molar-refractivity contribution in [1.82, 2.24) is 0 Å². The van der Waals surface area contributed by atoms with Crippen LogP contribution in [0.25, 0.3) is 11.1 Å². The molecule has 1 saturated carbocycles. The number of unbranched alkanes of at least 4 members (excludes halogenated alkanes) is 1. The first kappa shape index (κ1) is 26.1. The van der Waals surface area contributed by atoms with Crippen molar-refractivity contribution >= 4 is 0 Å². The minimum atomic E-state index is -1.61. The van der Waals surface area contributed by atoms with E-state index in [0.717, 1.165) is 51.2 Å².